The van der Waals surface area contributed by atoms with Crippen molar-refractivity contribution >= 4 is 38.3 Å². The second-order valence-electron chi connectivity index (χ2n) is 8.51. The molecule has 1 aromatic carbocycles. The van der Waals surface area contributed by atoms with Crippen LogP contribution < -0.4 is 4.90 Å². The van der Waals surface area contributed by atoms with Gasteiger partial charge in [0.15, 0.2) is 11.6 Å². The molecule has 0 bridgehead atoms. The lowest BCUT2D eigenvalue weighted by Crippen LogP contribution is -2.44. The maximum Gasteiger partial charge on any atom is 0.163 e. The SMILES string of the molecule is Cc1cnn(C)c1-c1csc2c(N3CCOC[C@H]3C)nc(-c3cc(F)cc4[nH]ccc34)nc12. The van der Waals surface area contributed by atoms with Gasteiger partial charge in [-0.25, -0.2) is 14.4 Å². The molecule has 6 rings (SSSR count). The van der Waals surface area contributed by atoms with Crippen LogP contribution in [0.1, 0.15) is 12.5 Å². The normalized spacial score (nSPS) is 16.8. The molecule has 4 aromatic heterocycles. The van der Waals surface area contributed by atoms with E-state index in [1.54, 1.807) is 11.3 Å². The van der Waals surface area contributed by atoms with Crippen molar-refractivity contribution in [2.24, 2.45) is 7.05 Å². The molecular weight excluding hydrogens is 439 g/mol. The van der Waals surface area contributed by atoms with Crippen LogP contribution in [0.5, 0.6) is 0 Å². The van der Waals surface area contributed by atoms with E-state index in [4.69, 9.17) is 14.7 Å². The maximum absolute atomic E-state index is 14.5. The molecule has 0 amide bonds. The third-order valence-electron chi connectivity index (χ3n) is 6.29. The van der Waals surface area contributed by atoms with Gasteiger partial charge in [0, 0.05) is 47.2 Å². The van der Waals surface area contributed by atoms with Gasteiger partial charge in [0.1, 0.15) is 5.82 Å². The molecule has 0 saturated carbocycles. The Hall–Kier alpha value is -3.30. The van der Waals surface area contributed by atoms with Gasteiger partial charge in [0.2, 0.25) is 0 Å². The van der Waals surface area contributed by atoms with Crippen molar-refractivity contribution in [1.29, 1.82) is 0 Å². The summed E-state index contributed by atoms with van der Waals surface area (Å²) in [7, 11) is 1.94. The number of anilines is 1. The number of morpholine rings is 1. The fourth-order valence-electron chi connectivity index (χ4n) is 4.68. The number of ether oxygens (including phenoxy) is 1. The van der Waals surface area contributed by atoms with Gasteiger partial charge >= 0.3 is 0 Å². The smallest absolute Gasteiger partial charge is 0.163 e. The summed E-state index contributed by atoms with van der Waals surface area (Å²) in [6, 6.07) is 5.13. The summed E-state index contributed by atoms with van der Waals surface area (Å²) >= 11 is 1.64. The number of benzene rings is 1. The molecule has 1 aliphatic heterocycles. The topological polar surface area (TPSA) is 71.9 Å². The molecule has 9 heteroatoms. The zero-order valence-corrected chi connectivity index (χ0v) is 19.4. The van der Waals surface area contributed by atoms with Crippen LogP contribution in [0.3, 0.4) is 0 Å². The molecule has 33 heavy (non-hydrogen) atoms. The van der Waals surface area contributed by atoms with E-state index in [0.717, 1.165) is 50.3 Å². The second-order valence-corrected chi connectivity index (χ2v) is 9.39. The first-order valence-electron chi connectivity index (χ1n) is 10.9. The number of fused-ring (bicyclic) bond motifs is 2. The Labute approximate surface area is 193 Å². The molecule has 5 heterocycles. The molecule has 168 valence electrons. The largest absolute Gasteiger partial charge is 0.377 e. The fraction of sp³-hybridized carbons (Fsp3) is 0.292. The van der Waals surface area contributed by atoms with Gasteiger partial charge in [-0.3, -0.25) is 4.68 Å². The van der Waals surface area contributed by atoms with Crippen molar-refractivity contribution < 1.29 is 9.13 Å². The number of rotatable bonds is 3. The van der Waals surface area contributed by atoms with Gasteiger partial charge in [-0.1, -0.05) is 0 Å². The van der Waals surface area contributed by atoms with E-state index in [2.05, 4.69) is 34.2 Å². The predicted molar refractivity (Wildman–Crippen MR) is 129 cm³/mol. The summed E-state index contributed by atoms with van der Waals surface area (Å²) in [5, 5.41) is 7.44. The number of thiophene rings is 1. The van der Waals surface area contributed by atoms with E-state index in [1.165, 1.54) is 12.1 Å². The van der Waals surface area contributed by atoms with Crippen molar-refractivity contribution in [1.82, 2.24) is 24.7 Å². The fourth-order valence-corrected chi connectivity index (χ4v) is 5.67. The Balaban J connectivity index is 1.66. The van der Waals surface area contributed by atoms with Crippen LogP contribution in [0.2, 0.25) is 0 Å². The highest BCUT2D eigenvalue weighted by Gasteiger charge is 2.27. The zero-order chi connectivity index (χ0) is 22.7. The Bertz CT molecular complexity index is 1480. The molecule has 5 aromatic rings. The summed E-state index contributed by atoms with van der Waals surface area (Å²) in [4.78, 5) is 15.4. The third kappa shape index (κ3) is 3.22. The number of aromatic nitrogens is 5. The number of H-pyrrole nitrogens is 1. The summed E-state index contributed by atoms with van der Waals surface area (Å²) in [6.45, 7) is 6.22. The highest BCUT2D eigenvalue weighted by molar-refractivity contribution is 7.18. The highest BCUT2D eigenvalue weighted by Crippen LogP contribution is 2.41. The molecule has 7 nitrogen and oxygen atoms in total. The number of halogens is 1. The maximum atomic E-state index is 14.5. The van der Waals surface area contributed by atoms with Crippen LogP contribution in [0, 0.1) is 12.7 Å². The van der Waals surface area contributed by atoms with Gasteiger partial charge < -0.3 is 14.6 Å². The van der Waals surface area contributed by atoms with Gasteiger partial charge in [-0.15, -0.1) is 11.3 Å². The Morgan fingerprint density at radius 3 is 2.91 bits per heavy atom. The second kappa shape index (κ2) is 7.64. The average Bonchev–Trinajstić information content (AvgIpc) is 3.51. The minimum absolute atomic E-state index is 0.175. The quantitative estimate of drug-likeness (QED) is 0.412. The molecule has 1 fully saturated rings. The van der Waals surface area contributed by atoms with Crippen molar-refractivity contribution in [3.05, 3.63) is 47.4 Å². The minimum Gasteiger partial charge on any atom is -0.377 e. The van der Waals surface area contributed by atoms with Crippen LogP contribution >= 0.6 is 11.3 Å². The number of hydrogen-bond donors (Lipinski definition) is 1. The van der Waals surface area contributed by atoms with E-state index >= 15 is 0 Å². The number of aryl methyl sites for hydroxylation is 2. The Kier molecular flexibility index (Phi) is 4.70. The van der Waals surface area contributed by atoms with E-state index in [1.807, 2.05) is 30.2 Å². The molecule has 1 aliphatic rings. The first-order chi connectivity index (χ1) is 16.0. The first kappa shape index (κ1) is 20.3. The molecule has 0 radical (unpaired) electrons. The highest BCUT2D eigenvalue weighted by atomic mass is 32.1. The van der Waals surface area contributed by atoms with E-state index in [-0.39, 0.29) is 11.9 Å². The average molecular weight is 463 g/mol. The molecule has 0 unspecified atom stereocenters. The van der Waals surface area contributed by atoms with Crippen molar-refractivity contribution in [3.63, 3.8) is 0 Å². The monoisotopic (exact) mass is 462 g/mol. The lowest BCUT2D eigenvalue weighted by molar-refractivity contribution is 0.0987. The summed E-state index contributed by atoms with van der Waals surface area (Å²) < 4.78 is 23.1. The van der Waals surface area contributed by atoms with Gasteiger partial charge in [-0.05, 0) is 37.6 Å². The van der Waals surface area contributed by atoms with Crippen LogP contribution in [0.25, 0.3) is 43.8 Å². The van der Waals surface area contributed by atoms with Gasteiger partial charge in [0.25, 0.3) is 0 Å². The predicted octanol–water partition coefficient (Wildman–Crippen LogP) is 4.91. The summed E-state index contributed by atoms with van der Waals surface area (Å²) in [5.74, 6) is 1.06. The van der Waals surface area contributed by atoms with Crippen LogP contribution in [0.4, 0.5) is 10.2 Å². The van der Waals surface area contributed by atoms with Crippen molar-refractivity contribution in [2.75, 3.05) is 24.7 Å². The number of hydrogen-bond acceptors (Lipinski definition) is 6. The summed E-state index contributed by atoms with van der Waals surface area (Å²) in [6.07, 6.45) is 3.67. The molecular formula is C24H23FN6OS. The van der Waals surface area contributed by atoms with Crippen molar-refractivity contribution in [2.45, 2.75) is 19.9 Å². The van der Waals surface area contributed by atoms with E-state index in [9.17, 15) is 4.39 Å². The molecule has 0 aliphatic carbocycles. The lowest BCUT2D eigenvalue weighted by Gasteiger charge is -2.34. The van der Waals surface area contributed by atoms with E-state index in [0.29, 0.717) is 24.6 Å². The van der Waals surface area contributed by atoms with Crippen LogP contribution in [0.15, 0.2) is 36.0 Å². The summed E-state index contributed by atoms with van der Waals surface area (Å²) in [5.41, 5.74) is 5.38. The molecule has 1 atom stereocenters. The molecule has 1 N–H and O–H groups in total. The number of nitrogens with one attached hydrogen (secondary N) is 1. The standard InChI is InChI=1S/C24H23FN6OS/c1-13-10-27-30(3)21(13)18-12-33-22-20(18)28-23(29-24(22)31-6-7-32-11-14(31)2)17-8-15(25)9-19-16(17)4-5-26-19/h4-5,8-10,12,14,26H,6-7,11H2,1-3H3/t14-/m1/s1. The minimum atomic E-state index is -0.321. The van der Waals surface area contributed by atoms with Crippen LogP contribution in [-0.4, -0.2) is 50.5 Å². The van der Waals surface area contributed by atoms with Crippen LogP contribution in [-0.2, 0) is 11.8 Å². The molecule has 0 spiro atoms. The van der Waals surface area contributed by atoms with Gasteiger partial charge in [0.05, 0.1) is 41.4 Å². The number of nitrogens with zero attached hydrogens (tertiary/aromatic N) is 5. The zero-order valence-electron chi connectivity index (χ0n) is 18.6. The third-order valence-corrected chi connectivity index (χ3v) is 7.25. The number of aromatic amines is 1. The lowest BCUT2D eigenvalue weighted by atomic mass is 10.1. The van der Waals surface area contributed by atoms with E-state index < -0.39 is 0 Å². The first-order valence-corrected chi connectivity index (χ1v) is 11.8. The van der Waals surface area contributed by atoms with Gasteiger partial charge in [-0.2, -0.15) is 5.10 Å². The Morgan fingerprint density at radius 2 is 2.12 bits per heavy atom. The molecule has 1 saturated heterocycles. The Morgan fingerprint density at radius 1 is 1.24 bits per heavy atom. The van der Waals surface area contributed by atoms with Crippen molar-refractivity contribution in [3.8, 4) is 22.6 Å².